The Bertz CT molecular complexity index is 1270. The van der Waals surface area contributed by atoms with Gasteiger partial charge >= 0.3 is 0 Å². The van der Waals surface area contributed by atoms with E-state index in [-0.39, 0.29) is 47.3 Å². The zero-order chi connectivity index (χ0) is 23.5. The van der Waals surface area contributed by atoms with E-state index in [0.717, 1.165) is 8.95 Å². The predicted molar refractivity (Wildman–Crippen MR) is 130 cm³/mol. The highest BCUT2D eigenvalue weighted by atomic mass is 79.9. The molecule has 4 aliphatic carbocycles. The van der Waals surface area contributed by atoms with Crippen LogP contribution >= 0.6 is 31.9 Å². The zero-order valence-electron chi connectivity index (χ0n) is 17.7. The summed E-state index contributed by atoms with van der Waals surface area (Å²) in [5, 5.41) is 0. The van der Waals surface area contributed by atoms with Gasteiger partial charge < -0.3 is 0 Å². The lowest BCUT2D eigenvalue weighted by Crippen LogP contribution is -2.63. The number of benzene rings is 2. The third-order valence-corrected chi connectivity index (χ3v) is 9.57. The van der Waals surface area contributed by atoms with Gasteiger partial charge in [-0.3, -0.25) is 29.0 Å². The third kappa shape index (κ3) is 2.45. The largest absolute Gasteiger partial charge is 0.274 e. The van der Waals surface area contributed by atoms with Gasteiger partial charge in [0.25, 0.3) is 0 Å². The van der Waals surface area contributed by atoms with Crippen molar-refractivity contribution in [3.8, 4) is 0 Å². The molecule has 4 amide bonds. The molecular weight excluding hydrogens is 564 g/mol. The fraction of sp³-hybridized carbons (Fsp3) is 0.308. The van der Waals surface area contributed by atoms with Gasteiger partial charge in [0.15, 0.2) is 0 Å². The van der Waals surface area contributed by atoms with Crippen LogP contribution in [-0.4, -0.2) is 23.6 Å². The number of halogens is 2. The van der Waals surface area contributed by atoms with E-state index in [1.807, 2.05) is 36.4 Å². The van der Waals surface area contributed by atoms with E-state index in [2.05, 4.69) is 31.9 Å². The number of carbonyl (C=O) groups excluding carboxylic acids is 4. The Morgan fingerprint density at radius 3 is 1.18 bits per heavy atom. The fourth-order valence-corrected chi connectivity index (χ4v) is 7.82. The molecule has 0 radical (unpaired) electrons. The quantitative estimate of drug-likeness (QED) is 0.394. The first-order valence-electron chi connectivity index (χ1n) is 11.3. The molecular formula is C26H18Br2N2O4. The van der Waals surface area contributed by atoms with Crippen LogP contribution in [0.5, 0.6) is 0 Å². The number of anilines is 2. The van der Waals surface area contributed by atoms with Crippen molar-refractivity contribution in [1.82, 2.24) is 0 Å². The van der Waals surface area contributed by atoms with Crippen molar-refractivity contribution in [3.63, 3.8) is 0 Å². The van der Waals surface area contributed by atoms with Gasteiger partial charge in [-0.05, 0) is 72.2 Å². The molecule has 2 aliphatic heterocycles. The van der Waals surface area contributed by atoms with Crippen molar-refractivity contribution in [3.05, 3.63) is 69.6 Å². The Morgan fingerprint density at radius 2 is 0.824 bits per heavy atom. The van der Waals surface area contributed by atoms with Crippen molar-refractivity contribution in [2.45, 2.75) is 0 Å². The van der Waals surface area contributed by atoms with Crippen molar-refractivity contribution in [2.24, 2.45) is 47.3 Å². The summed E-state index contributed by atoms with van der Waals surface area (Å²) in [6.07, 6.45) is 4.05. The topological polar surface area (TPSA) is 74.8 Å². The van der Waals surface area contributed by atoms with Crippen LogP contribution in [0, 0.1) is 47.3 Å². The molecule has 2 heterocycles. The average molecular weight is 582 g/mol. The highest BCUT2D eigenvalue weighted by Crippen LogP contribution is 2.68. The normalized spacial score (nSPS) is 37.1. The van der Waals surface area contributed by atoms with Crippen LogP contribution < -0.4 is 9.80 Å². The predicted octanol–water partition coefficient (Wildman–Crippen LogP) is 4.18. The van der Waals surface area contributed by atoms with Crippen LogP contribution in [0.25, 0.3) is 0 Å². The molecule has 6 nitrogen and oxygen atoms in total. The van der Waals surface area contributed by atoms with E-state index in [0.29, 0.717) is 11.4 Å². The second-order valence-corrected chi connectivity index (χ2v) is 11.6. The first-order valence-corrected chi connectivity index (χ1v) is 12.9. The number of nitrogens with zero attached hydrogens (tertiary/aromatic N) is 2. The summed E-state index contributed by atoms with van der Waals surface area (Å²) in [4.78, 5) is 56.6. The highest BCUT2D eigenvalue weighted by molar-refractivity contribution is 9.10. The minimum absolute atomic E-state index is 0.0835. The molecule has 6 aliphatic rings. The van der Waals surface area contributed by atoms with E-state index in [1.165, 1.54) is 9.80 Å². The average Bonchev–Trinajstić information content (AvgIpc) is 3.19. The Morgan fingerprint density at radius 1 is 0.500 bits per heavy atom. The van der Waals surface area contributed by atoms with Crippen LogP contribution in [0.15, 0.2) is 69.6 Å². The third-order valence-electron chi connectivity index (χ3n) is 8.51. The van der Waals surface area contributed by atoms with Gasteiger partial charge in [-0.2, -0.15) is 0 Å². The smallest absolute Gasteiger partial charge is 0.238 e. The molecule has 2 saturated heterocycles. The van der Waals surface area contributed by atoms with Gasteiger partial charge in [-0.25, -0.2) is 0 Å². The first-order chi connectivity index (χ1) is 16.4. The Balaban J connectivity index is 1.25. The van der Waals surface area contributed by atoms with Gasteiger partial charge in [-0.1, -0.05) is 44.0 Å². The summed E-state index contributed by atoms with van der Waals surface area (Å²) in [6.45, 7) is 0. The molecule has 0 unspecified atom stereocenters. The van der Waals surface area contributed by atoms with Crippen LogP contribution in [0.2, 0.25) is 0 Å². The standard InChI is InChI=1S/C26H18Br2N2O4/c27-11-1-5-13(6-2-11)29-23(31)19-15-9-10-16(20(19)24(29)32)18-17(15)21-22(18)26(34)30(25(21)33)14-7-3-12(28)4-8-14/h1-10,15-22H/t15-,16+,17-,18-,19+,20-,21-,22-/m0/s1. The van der Waals surface area contributed by atoms with E-state index in [1.54, 1.807) is 24.3 Å². The van der Waals surface area contributed by atoms with Gasteiger partial charge in [-0.15, -0.1) is 0 Å². The number of hydrogen-bond donors (Lipinski definition) is 0. The summed E-state index contributed by atoms with van der Waals surface area (Å²) in [5.74, 6) is -3.14. The fourth-order valence-electron chi connectivity index (χ4n) is 7.29. The van der Waals surface area contributed by atoms with Crippen LogP contribution in [0.4, 0.5) is 11.4 Å². The highest BCUT2D eigenvalue weighted by Gasteiger charge is 2.75. The minimum Gasteiger partial charge on any atom is -0.274 e. The summed E-state index contributed by atoms with van der Waals surface area (Å²) in [7, 11) is 0. The van der Waals surface area contributed by atoms with Crippen molar-refractivity contribution >= 4 is 66.9 Å². The van der Waals surface area contributed by atoms with Crippen molar-refractivity contribution in [1.29, 1.82) is 0 Å². The number of amides is 4. The van der Waals surface area contributed by atoms with Gasteiger partial charge in [0.2, 0.25) is 23.6 Å². The zero-order valence-corrected chi connectivity index (χ0v) is 20.8. The second kappa shape index (κ2) is 6.98. The molecule has 2 bridgehead atoms. The molecule has 0 N–H and O–H groups in total. The molecule has 0 spiro atoms. The Labute approximate surface area is 212 Å². The summed E-state index contributed by atoms with van der Waals surface area (Å²) in [5.41, 5.74) is 1.13. The molecule has 2 aromatic carbocycles. The monoisotopic (exact) mass is 580 g/mol. The lowest BCUT2D eigenvalue weighted by Gasteiger charge is -2.60. The van der Waals surface area contributed by atoms with Crippen molar-refractivity contribution in [2.75, 3.05) is 9.80 Å². The maximum absolute atomic E-state index is 13.6. The van der Waals surface area contributed by atoms with Gasteiger partial charge in [0.1, 0.15) is 0 Å². The number of fused-ring (bicyclic) bond motifs is 1. The number of hydrogen-bond acceptors (Lipinski definition) is 4. The minimum atomic E-state index is -0.474. The summed E-state index contributed by atoms with van der Waals surface area (Å²) < 4.78 is 1.74. The molecule has 8 rings (SSSR count). The van der Waals surface area contributed by atoms with E-state index in [4.69, 9.17) is 0 Å². The van der Waals surface area contributed by atoms with Crippen molar-refractivity contribution < 1.29 is 19.2 Å². The van der Waals surface area contributed by atoms with Crippen LogP contribution in [0.1, 0.15) is 0 Å². The number of carbonyl (C=O) groups is 4. The second-order valence-electron chi connectivity index (χ2n) is 9.77. The Kier molecular flexibility index (Phi) is 4.26. The molecule has 2 aromatic rings. The van der Waals surface area contributed by atoms with Crippen LogP contribution in [-0.2, 0) is 19.2 Å². The van der Waals surface area contributed by atoms with Crippen LogP contribution in [0.3, 0.4) is 0 Å². The first kappa shape index (κ1) is 20.8. The Hall–Kier alpha value is -2.58. The maximum Gasteiger partial charge on any atom is 0.238 e. The molecule has 34 heavy (non-hydrogen) atoms. The van der Waals surface area contributed by atoms with Gasteiger partial charge in [0, 0.05) is 8.95 Å². The number of allylic oxidation sites excluding steroid dienone is 2. The molecule has 8 atom stereocenters. The number of rotatable bonds is 2. The molecule has 0 aromatic heterocycles. The lowest BCUT2D eigenvalue weighted by atomic mass is 9.40. The number of imide groups is 2. The van der Waals surface area contributed by atoms with E-state index in [9.17, 15) is 19.2 Å². The van der Waals surface area contributed by atoms with E-state index < -0.39 is 23.7 Å². The summed E-state index contributed by atoms with van der Waals surface area (Å²) in [6, 6.07) is 14.3. The molecule has 4 fully saturated rings. The SMILES string of the molecule is O=C1[C@@H]2[C@H]3C=C[C@@H]([C@@H]2C(=O)N1c1ccc(Br)cc1)[C@@H]1[C@@H]2C(=O)N(c4ccc(Br)cc4)C(=O)[C@H]2[C@@H]31. The maximum atomic E-state index is 13.6. The lowest BCUT2D eigenvalue weighted by molar-refractivity contribution is -0.166. The molecule has 8 heteroatoms. The summed E-state index contributed by atoms with van der Waals surface area (Å²) >= 11 is 6.79. The molecule has 2 saturated carbocycles. The van der Waals surface area contributed by atoms with E-state index >= 15 is 0 Å². The molecule has 170 valence electrons. The van der Waals surface area contributed by atoms with Gasteiger partial charge in [0.05, 0.1) is 35.0 Å².